The summed E-state index contributed by atoms with van der Waals surface area (Å²) in [6, 6.07) is 7.69. The van der Waals surface area contributed by atoms with Gasteiger partial charge < -0.3 is 10.2 Å². The van der Waals surface area contributed by atoms with Crippen LogP contribution in [0.15, 0.2) is 42.9 Å². The van der Waals surface area contributed by atoms with Gasteiger partial charge in [0, 0.05) is 31.2 Å². The molecule has 1 atom stereocenters. The van der Waals surface area contributed by atoms with Gasteiger partial charge in [0.2, 0.25) is 5.91 Å². The third-order valence-corrected chi connectivity index (χ3v) is 4.18. The number of rotatable bonds is 3. The number of likely N-dealkylation sites (tertiary alicyclic amines) is 1. The number of carbonyl (C=O) groups excluding carboxylic acids is 2. The van der Waals surface area contributed by atoms with Crippen LogP contribution in [0.1, 0.15) is 28.9 Å². The number of aryl methyl sites for hydroxylation is 1. The van der Waals surface area contributed by atoms with Crippen LogP contribution < -0.4 is 5.32 Å². The predicted octanol–water partition coefficient (Wildman–Crippen LogP) is 2.28. The minimum atomic E-state index is -0.208. The number of anilines is 1. The van der Waals surface area contributed by atoms with Crippen LogP contribution in [0.4, 0.5) is 5.69 Å². The molecule has 1 N–H and O–H groups in total. The number of aromatic nitrogens is 2. The Balaban J connectivity index is 1.63. The number of nitrogens with one attached hydrogen (secondary N) is 1. The van der Waals surface area contributed by atoms with Gasteiger partial charge in [-0.15, -0.1) is 0 Å². The maximum atomic E-state index is 12.5. The Morgan fingerprint density at radius 1 is 1.21 bits per heavy atom. The summed E-state index contributed by atoms with van der Waals surface area (Å²) in [7, 11) is 0. The number of piperidine rings is 1. The summed E-state index contributed by atoms with van der Waals surface area (Å²) >= 11 is 0. The van der Waals surface area contributed by atoms with Gasteiger partial charge >= 0.3 is 0 Å². The topological polar surface area (TPSA) is 75.2 Å². The molecule has 0 radical (unpaired) electrons. The molecule has 1 aliphatic rings. The van der Waals surface area contributed by atoms with Crippen LogP contribution in [0.3, 0.4) is 0 Å². The van der Waals surface area contributed by atoms with E-state index >= 15 is 0 Å². The van der Waals surface area contributed by atoms with Crippen LogP contribution in [0.5, 0.6) is 0 Å². The smallest absolute Gasteiger partial charge is 0.274 e. The molecule has 2 aromatic rings. The molecule has 1 fully saturated rings. The first-order valence-corrected chi connectivity index (χ1v) is 8.06. The molecule has 0 spiro atoms. The zero-order valence-electron chi connectivity index (χ0n) is 13.6. The summed E-state index contributed by atoms with van der Waals surface area (Å²) in [4.78, 5) is 34.6. The van der Waals surface area contributed by atoms with E-state index < -0.39 is 0 Å². The maximum Gasteiger partial charge on any atom is 0.274 e. The minimum absolute atomic E-state index is 0.0458. The average Bonchev–Trinajstić information content (AvgIpc) is 2.64. The van der Waals surface area contributed by atoms with Gasteiger partial charge in [-0.2, -0.15) is 0 Å². The second kappa shape index (κ2) is 7.21. The van der Waals surface area contributed by atoms with Gasteiger partial charge in [-0.05, 0) is 31.9 Å². The van der Waals surface area contributed by atoms with E-state index in [-0.39, 0.29) is 17.7 Å². The molecule has 1 saturated heterocycles. The fraction of sp³-hybridized carbons (Fsp3) is 0.333. The van der Waals surface area contributed by atoms with Gasteiger partial charge in [0.15, 0.2) is 0 Å². The molecule has 1 aromatic carbocycles. The highest BCUT2D eigenvalue weighted by molar-refractivity contribution is 5.95. The Bertz CT molecular complexity index is 716. The van der Waals surface area contributed by atoms with Crippen LogP contribution in [-0.2, 0) is 4.79 Å². The molecule has 1 unspecified atom stereocenters. The number of carbonyl (C=O) groups is 2. The number of hydrogen-bond donors (Lipinski definition) is 1. The van der Waals surface area contributed by atoms with E-state index in [9.17, 15) is 9.59 Å². The van der Waals surface area contributed by atoms with Crippen molar-refractivity contribution < 1.29 is 9.59 Å². The Kier molecular flexibility index (Phi) is 4.84. The summed E-state index contributed by atoms with van der Waals surface area (Å²) in [5, 5.41) is 2.93. The van der Waals surface area contributed by atoms with E-state index in [1.165, 1.54) is 18.6 Å². The lowest BCUT2D eigenvalue weighted by atomic mass is 9.96. The average molecular weight is 324 g/mol. The van der Waals surface area contributed by atoms with Gasteiger partial charge in [-0.3, -0.25) is 14.6 Å². The third-order valence-electron chi connectivity index (χ3n) is 4.18. The van der Waals surface area contributed by atoms with Crippen LogP contribution in [0.25, 0.3) is 0 Å². The monoisotopic (exact) mass is 324 g/mol. The van der Waals surface area contributed by atoms with Crippen molar-refractivity contribution in [1.82, 2.24) is 14.9 Å². The van der Waals surface area contributed by atoms with E-state index in [1.54, 1.807) is 4.90 Å². The third kappa shape index (κ3) is 3.76. The molecule has 1 aromatic heterocycles. The number of benzene rings is 1. The molecule has 1 aliphatic heterocycles. The maximum absolute atomic E-state index is 12.5. The Morgan fingerprint density at radius 3 is 2.71 bits per heavy atom. The van der Waals surface area contributed by atoms with Gasteiger partial charge in [-0.25, -0.2) is 4.98 Å². The zero-order valence-corrected chi connectivity index (χ0v) is 13.6. The summed E-state index contributed by atoms with van der Waals surface area (Å²) in [6.07, 6.45) is 6.07. The van der Waals surface area contributed by atoms with Crippen LogP contribution in [0, 0.1) is 12.8 Å². The Hall–Kier alpha value is -2.76. The van der Waals surface area contributed by atoms with Crippen molar-refractivity contribution in [1.29, 1.82) is 0 Å². The zero-order chi connectivity index (χ0) is 16.9. The fourth-order valence-electron chi connectivity index (χ4n) is 2.83. The molecule has 6 nitrogen and oxygen atoms in total. The molecule has 0 aliphatic carbocycles. The summed E-state index contributed by atoms with van der Waals surface area (Å²) in [6.45, 7) is 3.06. The molecule has 2 heterocycles. The van der Waals surface area contributed by atoms with Crippen LogP contribution in [-0.4, -0.2) is 39.8 Å². The highest BCUT2D eigenvalue weighted by Crippen LogP contribution is 2.20. The lowest BCUT2D eigenvalue weighted by Crippen LogP contribution is -2.44. The van der Waals surface area contributed by atoms with Crippen molar-refractivity contribution >= 4 is 17.5 Å². The van der Waals surface area contributed by atoms with Gasteiger partial charge in [0.1, 0.15) is 5.69 Å². The standard InChI is InChI=1S/C18H20N4O2/c1-13-4-6-15(7-5-13)21-17(23)14-3-2-10-22(12-14)18(24)16-11-19-8-9-20-16/h4-9,11,14H,2-3,10,12H2,1H3,(H,21,23). The molecular weight excluding hydrogens is 304 g/mol. The van der Waals surface area contributed by atoms with E-state index in [4.69, 9.17) is 0 Å². The normalized spacial score (nSPS) is 17.4. The Morgan fingerprint density at radius 2 is 2.00 bits per heavy atom. The molecule has 24 heavy (non-hydrogen) atoms. The van der Waals surface area contributed by atoms with E-state index in [0.717, 1.165) is 24.1 Å². The minimum Gasteiger partial charge on any atom is -0.336 e. The van der Waals surface area contributed by atoms with Gasteiger partial charge in [0.05, 0.1) is 12.1 Å². The van der Waals surface area contributed by atoms with Crippen molar-refractivity contribution in [3.63, 3.8) is 0 Å². The van der Waals surface area contributed by atoms with Crippen molar-refractivity contribution in [2.24, 2.45) is 5.92 Å². The summed E-state index contributed by atoms with van der Waals surface area (Å²) < 4.78 is 0. The first kappa shape index (κ1) is 16.1. The number of amides is 2. The predicted molar refractivity (Wildman–Crippen MR) is 90.5 cm³/mol. The highest BCUT2D eigenvalue weighted by atomic mass is 16.2. The SMILES string of the molecule is Cc1ccc(NC(=O)C2CCCN(C(=O)c3cnccn3)C2)cc1. The van der Waals surface area contributed by atoms with E-state index in [2.05, 4.69) is 15.3 Å². The van der Waals surface area contributed by atoms with Crippen LogP contribution >= 0.6 is 0 Å². The van der Waals surface area contributed by atoms with Crippen molar-refractivity contribution in [3.8, 4) is 0 Å². The fourth-order valence-corrected chi connectivity index (χ4v) is 2.83. The quantitative estimate of drug-likeness (QED) is 0.940. The van der Waals surface area contributed by atoms with E-state index in [1.807, 2.05) is 31.2 Å². The molecule has 124 valence electrons. The lowest BCUT2D eigenvalue weighted by Gasteiger charge is -2.31. The summed E-state index contributed by atoms with van der Waals surface area (Å²) in [5.41, 5.74) is 2.24. The largest absolute Gasteiger partial charge is 0.336 e. The van der Waals surface area contributed by atoms with Gasteiger partial charge in [-0.1, -0.05) is 17.7 Å². The number of nitrogens with zero attached hydrogens (tertiary/aromatic N) is 3. The first-order chi connectivity index (χ1) is 11.6. The second-order valence-electron chi connectivity index (χ2n) is 6.04. The molecule has 0 bridgehead atoms. The first-order valence-electron chi connectivity index (χ1n) is 8.06. The van der Waals surface area contributed by atoms with E-state index in [0.29, 0.717) is 18.8 Å². The number of hydrogen-bond acceptors (Lipinski definition) is 4. The molecule has 0 saturated carbocycles. The van der Waals surface area contributed by atoms with Crippen molar-refractivity contribution in [2.75, 3.05) is 18.4 Å². The highest BCUT2D eigenvalue weighted by Gasteiger charge is 2.29. The van der Waals surface area contributed by atoms with Crippen molar-refractivity contribution in [3.05, 3.63) is 54.1 Å². The molecular formula is C18H20N4O2. The lowest BCUT2D eigenvalue weighted by molar-refractivity contribution is -0.121. The van der Waals surface area contributed by atoms with Crippen molar-refractivity contribution in [2.45, 2.75) is 19.8 Å². The molecule has 3 rings (SSSR count). The molecule has 2 amide bonds. The van der Waals surface area contributed by atoms with Gasteiger partial charge in [0.25, 0.3) is 5.91 Å². The van der Waals surface area contributed by atoms with Crippen LogP contribution in [0.2, 0.25) is 0 Å². The summed E-state index contributed by atoms with van der Waals surface area (Å²) in [5.74, 6) is -0.424. The Labute approximate surface area is 140 Å². The second-order valence-corrected chi connectivity index (χ2v) is 6.04. The molecule has 6 heteroatoms.